The van der Waals surface area contributed by atoms with Gasteiger partial charge in [-0.15, -0.1) is 11.3 Å². The average Bonchev–Trinajstić information content (AvgIpc) is 2.84. The second kappa shape index (κ2) is 3.81. The van der Waals surface area contributed by atoms with Crippen LogP contribution in [0.4, 0.5) is 4.39 Å². The van der Waals surface area contributed by atoms with Crippen LogP contribution in [0, 0.1) is 8.70 Å². The number of aromatic amines is 1. The molecule has 80 valence electrons. The Morgan fingerprint density at radius 3 is 2.94 bits per heavy atom. The molecule has 0 aliphatic carbocycles. The highest BCUT2D eigenvalue weighted by Gasteiger charge is 2.09. The van der Waals surface area contributed by atoms with Crippen LogP contribution < -0.4 is 0 Å². The summed E-state index contributed by atoms with van der Waals surface area (Å²) < 4.78 is 14.6. The molecular weight excluding hydrogens is 338 g/mol. The van der Waals surface area contributed by atoms with E-state index in [1.54, 1.807) is 17.4 Å². The molecule has 16 heavy (non-hydrogen) atoms. The number of benzene rings is 1. The molecule has 2 heterocycles. The lowest BCUT2D eigenvalue weighted by Crippen LogP contribution is -1.76. The van der Waals surface area contributed by atoms with E-state index in [9.17, 15) is 4.39 Å². The Balaban J connectivity index is 2.22. The molecule has 0 saturated heterocycles. The number of rotatable bonds is 1. The first kappa shape index (κ1) is 10.2. The van der Waals surface area contributed by atoms with Gasteiger partial charge < -0.3 is 4.98 Å². The van der Waals surface area contributed by atoms with Gasteiger partial charge in [0.25, 0.3) is 0 Å². The summed E-state index contributed by atoms with van der Waals surface area (Å²) in [5, 5.41) is 2.01. The minimum atomic E-state index is -0.287. The SMILES string of the molecule is Fc1cccc2[nH]c(-c3csc(I)c3)nc12. The van der Waals surface area contributed by atoms with Gasteiger partial charge in [0.15, 0.2) is 5.82 Å². The highest BCUT2D eigenvalue weighted by atomic mass is 127. The van der Waals surface area contributed by atoms with Crippen molar-refractivity contribution in [3.05, 3.63) is 38.3 Å². The van der Waals surface area contributed by atoms with E-state index in [0.29, 0.717) is 5.52 Å². The third-order valence-corrected chi connectivity index (χ3v) is 4.09. The highest BCUT2D eigenvalue weighted by Crippen LogP contribution is 2.26. The zero-order valence-electron chi connectivity index (χ0n) is 8.00. The fraction of sp³-hybridized carbons (Fsp3) is 0. The minimum Gasteiger partial charge on any atom is -0.338 e. The molecule has 0 aliphatic heterocycles. The van der Waals surface area contributed by atoms with Gasteiger partial charge in [-0.25, -0.2) is 9.37 Å². The Kier molecular flexibility index (Phi) is 2.44. The number of nitrogens with zero attached hydrogens (tertiary/aromatic N) is 1. The van der Waals surface area contributed by atoms with Crippen LogP contribution in [-0.2, 0) is 0 Å². The first-order valence-electron chi connectivity index (χ1n) is 4.63. The Labute approximate surface area is 109 Å². The Morgan fingerprint density at radius 1 is 1.38 bits per heavy atom. The lowest BCUT2D eigenvalue weighted by atomic mass is 10.3. The Hall–Kier alpha value is -0.950. The van der Waals surface area contributed by atoms with E-state index in [2.05, 4.69) is 32.6 Å². The fourth-order valence-electron chi connectivity index (χ4n) is 1.57. The molecule has 0 spiro atoms. The molecule has 0 saturated carbocycles. The van der Waals surface area contributed by atoms with Crippen LogP contribution in [0.5, 0.6) is 0 Å². The number of fused-ring (bicyclic) bond motifs is 1. The number of halogens is 2. The van der Waals surface area contributed by atoms with Crippen LogP contribution in [0.1, 0.15) is 0 Å². The average molecular weight is 344 g/mol. The van der Waals surface area contributed by atoms with Gasteiger partial charge in [-0.2, -0.15) is 0 Å². The fourth-order valence-corrected chi connectivity index (χ4v) is 2.90. The predicted molar refractivity (Wildman–Crippen MR) is 72.1 cm³/mol. The third-order valence-electron chi connectivity index (χ3n) is 2.30. The molecule has 0 atom stereocenters. The van der Waals surface area contributed by atoms with Gasteiger partial charge in [0.05, 0.1) is 8.40 Å². The zero-order chi connectivity index (χ0) is 11.1. The number of imidazole rings is 1. The second-order valence-corrected chi connectivity index (χ2v) is 6.17. The van der Waals surface area contributed by atoms with E-state index >= 15 is 0 Å². The number of H-pyrrole nitrogens is 1. The quantitative estimate of drug-likeness (QED) is 0.664. The van der Waals surface area contributed by atoms with Crippen molar-refractivity contribution < 1.29 is 4.39 Å². The van der Waals surface area contributed by atoms with Gasteiger partial charge in [0.2, 0.25) is 0 Å². The van der Waals surface area contributed by atoms with Gasteiger partial charge in [0.1, 0.15) is 11.3 Å². The van der Waals surface area contributed by atoms with Crippen LogP contribution in [0.25, 0.3) is 22.4 Å². The van der Waals surface area contributed by atoms with Crippen molar-refractivity contribution >= 4 is 45.0 Å². The molecule has 0 radical (unpaired) electrons. The lowest BCUT2D eigenvalue weighted by Gasteiger charge is -1.86. The molecule has 1 N–H and O–H groups in total. The summed E-state index contributed by atoms with van der Waals surface area (Å²) in [4.78, 5) is 7.39. The molecule has 2 nitrogen and oxygen atoms in total. The summed E-state index contributed by atoms with van der Waals surface area (Å²) in [6.07, 6.45) is 0. The van der Waals surface area contributed by atoms with Crippen LogP contribution in [0.2, 0.25) is 0 Å². The Bertz CT molecular complexity index is 659. The van der Waals surface area contributed by atoms with Crippen LogP contribution in [-0.4, -0.2) is 9.97 Å². The van der Waals surface area contributed by atoms with Gasteiger partial charge in [-0.3, -0.25) is 0 Å². The maximum absolute atomic E-state index is 13.4. The van der Waals surface area contributed by atoms with E-state index in [-0.39, 0.29) is 5.82 Å². The van der Waals surface area contributed by atoms with E-state index < -0.39 is 0 Å². The molecule has 0 unspecified atom stereocenters. The van der Waals surface area contributed by atoms with Crippen molar-refractivity contribution in [3.63, 3.8) is 0 Å². The van der Waals surface area contributed by atoms with E-state index in [1.165, 1.54) is 8.95 Å². The number of aromatic nitrogens is 2. The van der Waals surface area contributed by atoms with Crippen molar-refractivity contribution in [2.24, 2.45) is 0 Å². The summed E-state index contributed by atoms with van der Waals surface area (Å²) >= 11 is 3.90. The first-order valence-corrected chi connectivity index (χ1v) is 6.58. The van der Waals surface area contributed by atoms with E-state index in [1.807, 2.05) is 17.5 Å². The highest BCUT2D eigenvalue weighted by molar-refractivity contribution is 14.1. The summed E-state index contributed by atoms with van der Waals surface area (Å²) in [6, 6.07) is 6.95. The molecular formula is C11H6FIN2S. The van der Waals surface area contributed by atoms with E-state index in [4.69, 9.17) is 0 Å². The molecule has 5 heteroatoms. The molecule has 2 aromatic heterocycles. The van der Waals surface area contributed by atoms with Crippen LogP contribution in [0.3, 0.4) is 0 Å². The summed E-state index contributed by atoms with van der Waals surface area (Å²) in [5.41, 5.74) is 2.14. The minimum absolute atomic E-state index is 0.287. The monoisotopic (exact) mass is 344 g/mol. The summed E-state index contributed by atoms with van der Waals surface area (Å²) in [7, 11) is 0. The predicted octanol–water partition coefficient (Wildman–Crippen LogP) is 4.04. The molecule has 3 rings (SSSR count). The number of nitrogens with one attached hydrogen (secondary N) is 1. The second-order valence-electron chi connectivity index (χ2n) is 3.36. The number of thiophene rings is 1. The molecule has 3 aromatic rings. The van der Waals surface area contributed by atoms with Crippen molar-refractivity contribution in [1.82, 2.24) is 9.97 Å². The maximum Gasteiger partial charge on any atom is 0.151 e. The normalized spacial score (nSPS) is 11.1. The number of para-hydroxylation sites is 1. The van der Waals surface area contributed by atoms with Crippen molar-refractivity contribution in [1.29, 1.82) is 0 Å². The van der Waals surface area contributed by atoms with Crippen molar-refractivity contribution in [2.75, 3.05) is 0 Å². The summed E-state index contributed by atoms with van der Waals surface area (Å²) in [6.45, 7) is 0. The largest absolute Gasteiger partial charge is 0.338 e. The molecule has 0 bridgehead atoms. The van der Waals surface area contributed by atoms with Crippen LogP contribution in [0.15, 0.2) is 29.6 Å². The Morgan fingerprint density at radius 2 is 2.25 bits per heavy atom. The lowest BCUT2D eigenvalue weighted by molar-refractivity contribution is 0.637. The standard InChI is InChI=1S/C11H6FIN2S/c12-7-2-1-3-8-10(7)15-11(14-8)6-4-9(13)16-5-6/h1-5H,(H,14,15). The first-order chi connectivity index (χ1) is 7.74. The van der Waals surface area contributed by atoms with Gasteiger partial charge in [0, 0.05) is 10.9 Å². The smallest absolute Gasteiger partial charge is 0.151 e. The van der Waals surface area contributed by atoms with Gasteiger partial charge in [-0.1, -0.05) is 6.07 Å². The van der Waals surface area contributed by atoms with Crippen molar-refractivity contribution in [2.45, 2.75) is 0 Å². The molecule has 0 fully saturated rings. The van der Waals surface area contributed by atoms with Gasteiger partial charge >= 0.3 is 0 Å². The van der Waals surface area contributed by atoms with E-state index in [0.717, 1.165) is 16.9 Å². The molecule has 0 amide bonds. The van der Waals surface area contributed by atoms with Crippen LogP contribution >= 0.6 is 33.9 Å². The zero-order valence-corrected chi connectivity index (χ0v) is 11.0. The summed E-state index contributed by atoms with van der Waals surface area (Å²) in [5.74, 6) is 0.434. The number of hydrogen-bond acceptors (Lipinski definition) is 2. The topological polar surface area (TPSA) is 28.7 Å². The third kappa shape index (κ3) is 1.63. The molecule has 1 aromatic carbocycles. The number of hydrogen-bond donors (Lipinski definition) is 1. The van der Waals surface area contributed by atoms with Crippen molar-refractivity contribution in [3.8, 4) is 11.4 Å². The molecule has 0 aliphatic rings. The maximum atomic E-state index is 13.4. The van der Waals surface area contributed by atoms with Gasteiger partial charge in [-0.05, 0) is 40.8 Å².